The Kier molecular flexibility index (Phi) is 5.94. The first-order chi connectivity index (χ1) is 13.5. The van der Waals surface area contributed by atoms with Crippen LogP contribution in [0.15, 0.2) is 71.4 Å². The second-order valence-corrected chi connectivity index (χ2v) is 6.52. The van der Waals surface area contributed by atoms with Gasteiger partial charge in [0, 0.05) is 12.2 Å². The molecule has 0 radical (unpaired) electrons. The highest BCUT2D eigenvalue weighted by Crippen LogP contribution is 2.32. The molecular weight excluding hydrogens is 354 g/mol. The third kappa shape index (κ3) is 4.14. The van der Waals surface area contributed by atoms with E-state index in [1.165, 1.54) is 0 Å². The summed E-state index contributed by atoms with van der Waals surface area (Å²) in [5, 5.41) is 9.46. The first-order valence-corrected chi connectivity index (χ1v) is 9.26. The van der Waals surface area contributed by atoms with Gasteiger partial charge in [0.2, 0.25) is 0 Å². The van der Waals surface area contributed by atoms with Gasteiger partial charge in [-0.3, -0.25) is 4.79 Å². The van der Waals surface area contributed by atoms with Crippen molar-refractivity contribution in [3.8, 4) is 5.75 Å². The fourth-order valence-corrected chi connectivity index (χ4v) is 3.22. The normalized spacial score (nSPS) is 15.4. The van der Waals surface area contributed by atoms with E-state index in [1.54, 1.807) is 49.1 Å². The van der Waals surface area contributed by atoms with Gasteiger partial charge in [0.25, 0.3) is 5.91 Å². The molecule has 1 heterocycles. The Morgan fingerprint density at radius 2 is 1.79 bits per heavy atom. The van der Waals surface area contributed by atoms with Crippen molar-refractivity contribution in [3.05, 3.63) is 82.6 Å². The van der Waals surface area contributed by atoms with Gasteiger partial charge in [-0.2, -0.15) is 0 Å². The van der Waals surface area contributed by atoms with Crippen molar-refractivity contribution in [1.82, 2.24) is 4.90 Å². The average molecular weight is 377 g/mol. The lowest BCUT2D eigenvalue weighted by molar-refractivity contribution is -0.138. The molecule has 0 atom stereocenters. The van der Waals surface area contributed by atoms with Crippen LogP contribution in [0.25, 0.3) is 6.08 Å². The Morgan fingerprint density at radius 3 is 2.43 bits per heavy atom. The van der Waals surface area contributed by atoms with E-state index in [2.05, 4.69) is 0 Å². The van der Waals surface area contributed by atoms with Crippen LogP contribution in [-0.4, -0.2) is 35.0 Å². The topological polar surface area (TPSA) is 66.8 Å². The number of carbonyl (C=O) groups is 2. The molecular formula is C23H23NO4. The molecule has 28 heavy (non-hydrogen) atoms. The smallest absolute Gasteiger partial charge is 0.340 e. The Hall–Kier alpha value is -3.34. The number of esters is 1. The molecule has 1 aliphatic heterocycles. The van der Waals surface area contributed by atoms with E-state index in [0.717, 1.165) is 11.1 Å². The standard InChI is InChI=1S/C23H23NO4/c1-3-28-23(27)21-16(2)24(14-13-17-7-5-4-6-8-17)22(26)20(21)15-18-9-11-19(25)12-10-18/h4-12,15,25H,3,13-14H2,1-2H3/b20-15-. The van der Waals surface area contributed by atoms with E-state index in [9.17, 15) is 14.7 Å². The van der Waals surface area contributed by atoms with Crippen LogP contribution in [-0.2, 0) is 20.7 Å². The van der Waals surface area contributed by atoms with Crippen LogP contribution in [0.2, 0.25) is 0 Å². The van der Waals surface area contributed by atoms with E-state index in [-0.39, 0.29) is 18.3 Å². The SMILES string of the molecule is CCOC(=O)C1=C(C)N(CCc2ccccc2)C(=O)/C1=C\c1ccc(O)cc1. The highest BCUT2D eigenvalue weighted by molar-refractivity contribution is 6.16. The van der Waals surface area contributed by atoms with Gasteiger partial charge in [-0.05, 0) is 49.6 Å². The molecule has 3 rings (SSSR count). The molecule has 5 heteroatoms. The Morgan fingerprint density at radius 1 is 1.11 bits per heavy atom. The van der Waals surface area contributed by atoms with Gasteiger partial charge in [0.15, 0.2) is 0 Å². The van der Waals surface area contributed by atoms with Gasteiger partial charge in [0.1, 0.15) is 5.75 Å². The molecule has 0 spiro atoms. The van der Waals surface area contributed by atoms with Crippen molar-refractivity contribution < 1.29 is 19.4 Å². The lowest BCUT2D eigenvalue weighted by Gasteiger charge is -2.17. The van der Waals surface area contributed by atoms with E-state index in [0.29, 0.717) is 29.8 Å². The van der Waals surface area contributed by atoms with Crippen molar-refractivity contribution >= 4 is 18.0 Å². The van der Waals surface area contributed by atoms with Gasteiger partial charge in [-0.15, -0.1) is 0 Å². The molecule has 0 aromatic heterocycles. The average Bonchev–Trinajstić information content (AvgIpc) is 2.92. The summed E-state index contributed by atoms with van der Waals surface area (Å²) < 4.78 is 5.19. The summed E-state index contributed by atoms with van der Waals surface area (Å²) in [6, 6.07) is 16.4. The lowest BCUT2D eigenvalue weighted by atomic mass is 10.0. The predicted molar refractivity (Wildman–Crippen MR) is 107 cm³/mol. The summed E-state index contributed by atoms with van der Waals surface area (Å²) in [5.74, 6) is -0.577. The number of amides is 1. The van der Waals surface area contributed by atoms with Crippen LogP contribution in [0, 0.1) is 0 Å². The number of hydrogen-bond donors (Lipinski definition) is 1. The largest absolute Gasteiger partial charge is 0.508 e. The first kappa shape index (κ1) is 19.4. The van der Waals surface area contributed by atoms with E-state index >= 15 is 0 Å². The second kappa shape index (κ2) is 8.57. The molecule has 0 bridgehead atoms. The fraction of sp³-hybridized carbons (Fsp3) is 0.217. The summed E-state index contributed by atoms with van der Waals surface area (Å²) in [4.78, 5) is 27.3. The molecule has 0 unspecified atom stereocenters. The second-order valence-electron chi connectivity index (χ2n) is 6.52. The molecule has 0 fully saturated rings. The quantitative estimate of drug-likeness (QED) is 0.616. The van der Waals surface area contributed by atoms with Crippen molar-refractivity contribution in [2.75, 3.05) is 13.2 Å². The maximum absolute atomic E-state index is 13.1. The van der Waals surface area contributed by atoms with Crippen LogP contribution in [0.3, 0.4) is 0 Å². The zero-order valence-electron chi connectivity index (χ0n) is 16.0. The Labute approximate surface area is 164 Å². The number of nitrogens with zero attached hydrogens (tertiary/aromatic N) is 1. The zero-order valence-corrected chi connectivity index (χ0v) is 16.0. The fourth-order valence-electron chi connectivity index (χ4n) is 3.22. The molecule has 1 N–H and O–H groups in total. The molecule has 1 amide bonds. The van der Waals surface area contributed by atoms with Crippen molar-refractivity contribution in [2.24, 2.45) is 0 Å². The molecule has 5 nitrogen and oxygen atoms in total. The van der Waals surface area contributed by atoms with Gasteiger partial charge >= 0.3 is 5.97 Å². The zero-order chi connectivity index (χ0) is 20.1. The Balaban J connectivity index is 1.93. The van der Waals surface area contributed by atoms with Crippen molar-refractivity contribution in [1.29, 1.82) is 0 Å². The first-order valence-electron chi connectivity index (χ1n) is 9.26. The van der Waals surface area contributed by atoms with Crippen molar-refractivity contribution in [3.63, 3.8) is 0 Å². The third-order valence-corrected chi connectivity index (χ3v) is 4.66. The molecule has 0 saturated heterocycles. The van der Waals surface area contributed by atoms with Gasteiger partial charge < -0.3 is 14.7 Å². The minimum atomic E-state index is -0.499. The van der Waals surface area contributed by atoms with Gasteiger partial charge in [0.05, 0.1) is 17.8 Å². The van der Waals surface area contributed by atoms with Crippen molar-refractivity contribution in [2.45, 2.75) is 20.3 Å². The predicted octanol–water partition coefficient (Wildman–Crippen LogP) is 3.70. The highest BCUT2D eigenvalue weighted by atomic mass is 16.5. The Bertz CT molecular complexity index is 927. The molecule has 2 aromatic carbocycles. The van der Waals surface area contributed by atoms with Gasteiger partial charge in [-0.25, -0.2) is 4.79 Å². The summed E-state index contributed by atoms with van der Waals surface area (Å²) >= 11 is 0. The van der Waals surface area contributed by atoms with E-state index in [4.69, 9.17) is 4.74 Å². The van der Waals surface area contributed by atoms with Crippen LogP contribution in [0.1, 0.15) is 25.0 Å². The maximum Gasteiger partial charge on any atom is 0.340 e. The monoisotopic (exact) mass is 377 g/mol. The van der Waals surface area contributed by atoms with Crippen LogP contribution in [0.5, 0.6) is 5.75 Å². The number of benzene rings is 2. The van der Waals surface area contributed by atoms with Crippen LogP contribution >= 0.6 is 0 Å². The van der Waals surface area contributed by atoms with Gasteiger partial charge in [-0.1, -0.05) is 42.5 Å². The molecule has 0 saturated carbocycles. The number of carbonyl (C=O) groups excluding carboxylic acids is 2. The molecule has 1 aliphatic rings. The summed E-state index contributed by atoms with van der Waals surface area (Å²) in [6.07, 6.45) is 2.35. The van der Waals surface area contributed by atoms with E-state index < -0.39 is 5.97 Å². The number of rotatable bonds is 6. The minimum absolute atomic E-state index is 0.140. The number of aromatic hydroxyl groups is 1. The summed E-state index contributed by atoms with van der Waals surface area (Å²) in [5.41, 5.74) is 3.06. The highest BCUT2D eigenvalue weighted by Gasteiger charge is 2.36. The van der Waals surface area contributed by atoms with E-state index in [1.807, 2.05) is 30.3 Å². The molecule has 2 aromatic rings. The summed E-state index contributed by atoms with van der Waals surface area (Å²) in [6.45, 7) is 4.22. The third-order valence-electron chi connectivity index (χ3n) is 4.66. The maximum atomic E-state index is 13.1. The number of phenolic OH excluding ortho intramolecular Hbond substituents is 1. The minimum Gasteiger partial charge on any atom is -0.508 e. The summed E-state index contributed by atoms with van der Waals surface area (Å²) in [7, 11) is 0. The number of allylic oxidation sites excluding steroid dienone is 1. The van der Waals surface area contributed by atoms with Crippen LogP contribution in [0.4, 0.5) is 0 Å². The number of phenols is 1. The lowest BCUT2D eigenvalue weighted by Crippen LogP contribution is -2.27. The molecule has 0 aliphatic carbocycles. The van der Waals surface area contributed by atoms with Crippen LogP contribution < -0.4 is 0 Å². The molecule has 144 valence electrons. The number of hydrogen-bond acceptors (Lipinski definition) is 4. The number of ether oxygens (including phenoxy) is 1.